The normalized spacial score (nSPS) is 15.1. The van der Waals surface area contributed by atoms with Crippen LogP contribution in [0.25, 0.3) is 0 Å². The second-order valence-electron chi connectivity index (χ2n) is 6.59. The lowest BCUT2D eigenvalue weighted by Gasteiger charge is -2.26. The molecule has 10 heteroatoms. The first kappa shape index (κ1) is 21.6. The van der Waals surface area contributed by atoms with Crippen molar-refractivity contribution in [3.8, 4) is 0 Å². The van der Waals surface area contributed by atoms with Gasteiger partial charge in [0.25, 0.3) is 5.91 Å². The molecule has 1 saturated heterocycles. The van der Waals surface area contributed by atoms with Crippen molar-refractivity contribution < 1.29 is 18.0 Å². The molecule has 3 rings (SSSR count). The van der Waals surface area contributed by atoms with E-state index < -0.39 is 10.0 Å². The number of benzene rings is 2. The Morgan fingerprint density at radius 1 is 1.21 bits per heavy atom. The highest BCUT2D eigenvalue weighted by molar-refractivity contribution is 7.89. The zero-order valence-electron chi connectivity index (χ0n) is 15.6. The maximum absolute atomic E-state index is 12.8. The van der Waals surface area contributed by atoms with Gasteiger partial charge in [0.05, 0.1) is 21.5 Å². The highest BCUT2D eigenvalue weighted by atomic mass is 35.5. The molecule has 1 aliphatic rings. The predicted octanol–water partition coefficient (Wildman–Crippen LogP) is 2.39. The fourth-order valence-corrected chi connectivity index (χ4v) is 4.80. The first-order valence-corrected chi connectivity index (χ1v) is 10.9. The van der Waals surface area contributed by atoms with Crippen molar-refractivity contribution in [3.63, 3.8) is 0 Å². The third kappa shape index (κ3) is 4.72. The van der Waals surface area contributed by atoms with E-state index in [1.807, 2.05) is 0 Å². The molecule has 0 saturated carbocycles. The Morgan fingerprint density at radius 3 is 2.66 bits per heavy atom. The number of nitrogens with zero attached hydrogens (tertiary/aromatic N) is 2. The predicted molar refractivity (Wildman–Crippen MR) is 110 cm³/mol. The van der Waals surface area contributed by atoms with Gasteiger partial charge in [-0.1, -0.05) is 41.4 Å². The molecule has 0 unspecified atom stereocenters. The Kier molecular flexibility index (Phi) is 6.48. The number of rotatable bonds is 5. The van der Waals surface area contributed by atoms with E-state index in [4.69, 9.17) is 23.2 Å². The molecule has 0 bridgehead atoms. The van der Waals surface area contributed by atoms with Crippen LogP contribution in [0.4, 0.5) is 0 Å². The van der Waals surface area contributed by atoms with Crippen molar-refractivity contribution in [2.45, 2.75) is 11.4 Å². The van der Waals surface area contributed by atoms with Crippen molar-refractivity contribution in [1.29, 1.82) is 0 Å². The van der Waals surface area contributed by atoms with Gasteiger partial charge in [-0.2, -0.15) is 4.31 Å². The second-order valence-corrected chi connectivity index (χ2v) is 9.31. The van der Waals surface area contributed by atoms with E-state index in [1.54, 1.807) is 31.3 Å². The van der Waals surface area contributed by atoms with E-state index in [1.165, 1.54) is 23.1 Å². The molecule has 2 aromatic rings. The minimum atomic E-state index is -3.88. The first-order valence-electron chi connectivity index (χ1n) is 8.75. The summed E-state index contributed by atoms with van der Waals surface area (Å²) < 4.78 is 26.8. The zero-order chi connectivity index (χ0) is 21.2. The van der Waals surface area contributed by atoms with Gasteiger partial charge in [-0.05, 0) is 29.8 Å². The number of sulfonamides is 1. The lowest BCUT2D eigenvalue weighted by molar-refractivity contribution is -0.122. The van der Waals surface area contributed by atoms with Gasteiger partial charge in [0.2, 0.25) is 15.9 Å². The van der Waals surface area contributed by atoms with Gasteiger partial charge in [-0.15, -0.1) is 0 Å². The zero-order valence-corrected chi connectivity index (χ0v) is 17.9. The number of hydrogen-bond donors (Lipinski definition) is 1. The van der Waals surface area contributed by atoms with Crippen molar-refractivity contribution in [2.24, 2.45) is 0 Å². The van der Waals surface area contributed by atoms with Gasteiger partial charge in [0, 0.05) is 32.2 Å². The summed E-state index contributed by atoms with van der Waals surface area (Å²) in [4.78, 5) is 25.8. The molecule has 154 valence electrons. The highest BCUT2D eigenvalue weighted by Gasteiger charge is 2.29. The van der Waals surface area contributed by atoms with Crippen molar-refractivity contribution in [2.75, 3.05) is 26.7 Å². The minimum Gasteiger partial charge on any atom is -0.354 e. The molecule has 1 aliphatic heterocycles. The molecule has 2 aromatic carbocycles. The Morgan fingerprint density at radius 2 is 1.93 bits per heavy atom. The number of carbonyl (C=O) groups excluding carboxylic acids is 2. The van der Waals surface area contributed by atoms with Crippen LogP contribution in [0.1, 0.15) is 15.9 Å². The Labute approximate surface area is 179 Å². The van der Waals surface area contributed by atoms with Crippen LogP contribution < -0.4 is 5.32 Å². The van der Waals surface area contributed by atoms with Crippen LogP contribution in [0.15, 0.2) is 47.4 Å². The van der Waals surface area contributed by atoms with E-state index in [0.717, 1.165) is 4.31 Å². The van der Waals surface area contributed by atoms with Crippen LogP contribution in [-0.4, -0.2) is 56.1 Å². The molecule has 0 aromatic heterocycles. The maximum Gasteiger partial charge on any atom is 0.253 e. The Bertz CT molecular complexity index is 1060. The summed E-state index contributed by atoms with van der Waals surface area (Å²) in [5.41, 5.74) is 0.895. The molecule has 7 nitrogen and oxygen atoms in total. The van der Waals surface area contributed by atoms with E-state index in [-0.39, 0.29) is 48.5 Å². The SMILES string of the molecule is CN(Cc1cccc(Cl)c1Cl)C(=O)c1cccc(S(=O)(=O)N2CCNC(=O)C2)c1. The van der Waals surface area contributed by atoms with Gasteiger partial charge in [-0.3, -0.25) is 9.59 Å². The summed E-state index contributed by atoms with van der Waals surface area (Å²) in [6, 6.07) is 10.9. The fourth-order valence-electron chi connectivity index (χ4n) is 2.98. The third-order valence-electron chi connectivity index (χ3n) is 4.51. The first-order chi connectivity index (χ1) is 13.7. The van der Waals surface area contributed by atoms with Crippen LogP contribution in [0.5, 0.6) is 0 Å². The summed E-state index contributed by atoms with van der Waals surface area (Å²) >= 11 is 12.2. The Hall–Kier alpha value is -2.13. The van der Waals surface area contributed by atoms with Crippen molar-refractivity contribution in [1.82, 2.24) is 14.5 Å². The number of carbonyl (C=O) groups is 2. The van der Waals surface area contributed by atoms with Gasteiger partial charge in [-0.25, -0.2) is 8.42 Å². The quantitative estimate of drug-likeness (QED) is 0.749. The summed E-state index contributed by atoms with van der Waals surface area (Å²) in [7, 11) is -2.29. The number of nitrogens with one attached hydrogen (secondary N) is 1. The average Bonchev–Trinajstić information content (AvgIpc) is 2.71. The topological polar surface area (TPSA) is 86.8 Å². The molecule has 29 heavy (non-hydrogen) atoms. The van der Waals surface area contributed by atoms with Crippen molar-refractivity contribution >= 4 is 45.0 Å². The van der Waals surface area contributed by atoms with Gasteiger partial charge in [0.15, 0.2) is 0 Å². The van der Waals surface area contributed by atoms with Gasteiger partial charge in [0.1, 0.15) is 0 Å². The molecule has 0 aliphatic carbocycles. The fraction of sp³-hybridized carbons (Fsp3) is 0.263. The minimum absolute atomic E-state index is 0.0350. The van der Waals surface area contributed by atoms with Crippen LogP contribution in [0.2, 0.25) is 10.0 Å². The molecule has 0 spiro atoms. The lowest BCUT2D eigenvalue weighted by atomic mass is 10.1. The highest BCUT2D eigenvalue weighted by Crippen LogP contribution is 2.27. The largest absolute Gasteiger partial charge is 0.354 e. The molecule has 1 fully saturated rings. The van der Waals surface area contributed by atoms with E-state index >= 15 is 0 Å². The molecular formula is C19H19Cl2N3O4S. The smallest absolute Gasteiger partial charge is 0.253 e. The maximum atomic E-state index is 12.8. The number of hydrogen-bond acceptors (Lipinski definition) is 4. The summed E-state index contributed by atoms with van der Waals surface area (Å²) in [6.45, 7) is 0.397. The van der Waals surface area contributed by atoms with Crippen LogP contribution in [0, 0.1) is 0 Å². The standard InChI is InChI=1S/C19H19Cl2N3O4S/c1-23(11-14-5-3-7-16(20)18(14)21)19(26)13-4-2-6-15(10-13)29(27,28)24-9-8-22-17(25)12-24/h2-7,10H,8-9,11-12H2,1H3,(H,22,25). The second kappa shape index (κ2) is 8.71. The Balaban J connectivity index is 1.82. The van der Waals surface area contributed by atoms with Crippen molar-refractivity contribution in [3.05, 3.63) is 63.6 Å². The lowest BCUT2D eigenvalue weighted by Crippen LogP contribution is -2.49. The van der Waals surface area contributed by atoms with Gasteiger partial charge < -0.3 is 10.2 Å². The molecule has 2 amide bonds. The summed E-state index contributed by atoms with van der Waals surface area (Å²) in [5.74, 6) is -0.723. The summed E-state index contributed by atoms with van der Waals surface area (Å²) in [6.07, 6.45) is 0. The molecule has 1 heterocycles. The summed E-state index contributed by atoms with van der Waals surface area (Å²) in [5, 5.41) is 3.35. The molecular weight excluding hydrogens is 437 g/mol. The third-order valence-corrected chi connectivity index (χ3v) is 7.21. The van der Waals surface area contributed by atoms with Gasteiger partial charge >= 0.3 is 0 Å². The number of halogens is 2. The average molecular weight is 456 g/mol. The monoisotopic (exact) mass is 455 g/mol. The van der Waals surface area contributed by atoms with E-state index in [9.17, 15) is 18.0 Å². The van der Waals surface area contributed by atoms with Crippen LogP contribution >= 0.6 is 23.2 Å². The number of piperazine rings is 1. The van der Waals surface area contributed by atoms with Crippen LogP contribution in [0.3, 0.4) is 0 Å². The molecule has 0 radical (unpaired) electrons. The molecule has 0 atom stereocenters. The van der Waals surface area contributed by atoms with E-state index in [2.05, 4.69) is 5.32 Å². The van der Waals surface area contributed by atoms with Crippen LogP contribution in [-0.2, 0) is 21.4 Å². The molecule has 1 N–H and O–H groups in total. The number of amides is 2. The van der Waals surface area contributed by atoms with E-state index in [0.29, 0.717) is 15.6 Å².